The van der Waals surface area contributed by atoms with Crippen LogP contribution in [0.5, 0.6) is 11.5 Å². The lowest BCUT2D eigenvalue weighted by atomic mass is 9.88. The summed E-state index contributed by atoms with van der Waals surface area (Å²) in [5, 5.41) is 16.4. The molecule has 2 amide bonds. The van der Waals surface area contributed by atoms with Crippen molar-refractivity contribution in [2.24, 2.45) is 5.92 Å². The predicted octanol–water partition coefficient (Wildman–Crippen LogP) is 7.77. The van der Waals surface area contributed by atoms with Gasteiger partial charge in [0.1, 0.15) is 18.1 Å². The Morgan fingerprint density at radius 3 is 2.29 bits per heavy atom. The van der Waals surface area contributed by atoms with Crippen molar-refractivity contribution in [2.75, 3.05) is 57.1 Å². The molecule has 0 aliphatic carbocycles. The van der Waals surface area contributed by atoms with Crippen LogP contribution >= 0.6 is 11.6 Å². The summed E-state index contributed by atoms with van der Waals surface area (Å²) in [5.74, 6) is 2.02. The third-order valence-electron chi connectivity index (χ3n) is 12.4. The van der Waals surface area contributed by atoms with E-state index in [-0.39, 0.29) is 23.6 Å². The highest BCUT2D eigenvalue weighted by Gasteiger charge is 2.35. The molecule has 10 heteroatoms. The van der Waals surface area contributed by atoms with Crippen molar-refractivity contribution < 1.29 is 19.4 Å². The van der Waals surface area contributed by atoms with E-state index >= 15 is 0 Å². The molecule has 0 saturated carbocycles. The summed E-state index contributed by atoms with van der Waals surface area (Å²) in [4.78, 5) is 31.5. The Balaban J connectivity index is 0.787. The van der Waals surface area contributed by atoms with Crippen LogP contribution in [0, 0.1) is 5.92 Å². The maximum atomic E-state index is 12.5. The Bertz CT molecular complexity index is 2050. The molecule has 0 spiro atoms. The molecule has 9 nitrogen and oxygen atoms in total. The van der Waals surface area contributed by atoms with Crippen molar-refractivity contribution in [3.8, 4) is 11.5 Å². The maximum Gasteiger partial charge on any atom is 0.243 e. The molecule has 58 heavy (non-hydrogen) atoms. The number of hydrogen-bond donors (Lipinski definition) is 3. The van der Waals surface area contributed by atoms with E-state index in [9.17, 15) is 14.7 Å². The number of ether oxygens (including phenoxy) is 1. The van der Waals surface area contributed by atoms with Crippen LogP contribution < -0.4 is 15.4 Å². The van der Waals surface area contributed by atoms with Gasteiger partial charge in [0.2, 0.25) is 11.8 Å². The number of nitrogens with zero attached hydrogens (tertiary/aromatic N) is 3. The number of nitrogens with one attached hydrogen (secondary N) is 2. The largest absolute Gasteiger partial charge is 0.508 e. The number of halogens is 1. The van der Waals surface area contributed by atoms with Gasteiger partial charge in [-0.1, -0.05) is 60.7 Å². The minimum Gasteiger partial charge on any atom is -0.508 e. The average Bonchev–Trinajstić information content (AvgIpc) is 3.66. The number of carbonyl (C=O) groups excluding carboxylic acids is 2. The zero-order chi connectivity index (χ0) is 39.8. The highest BCUT2D eigenvalue weighted by molar-refractivity contribution is 6.18. The quantitative estimate of drug-likeness (QED) is 0.0677. The lowest BCUT2D eigenvalue weighted by molar-refractivity contribution is -0.137. The molecule has 3 fully saturated rings. The SMILES string of the molecule is O=C1CCC(N2Cc3ccc(N[C@H]4CCCN(CC5CCN(CCOc6ccc(C(=C(CCCl)c7ccccc7)c7ccc(O)cc7)cc6)CC5)C4)cc3C2)C(=O)N1. The molecule has 8 rings (SSSR count). The number of benzene rings is 4. The summed E-state index contributed by atoms with van der Waals surface area (Å²) in [7, 11) is 0. The fourth-order valence-electron chi connectivity index (χ4n) is 9.40. The van der Waals surface area contributed by atoms with Gasteiger partial charge < -0.3 is 20.1 Å². The van der Waals surface area contributed by atoms with E-state index in [4.69, 9.17) is 16.3 Å². The van der Waals surface area contributed by atoms with E-state index in [2.05, 4.69) is 92.1 Å². The molecule has 304 valence electrons. The third kappa shape index (κ3) is 9.95. The number of likely N-dealkylation sites (tertiary alicyclic amines) is 2. The molecule has 0 bridgehead atoms. The minimum absolute atomic E-state index is 0.157. The van der Waals surface area contributed by atoms with Crippen molar-refractivity contribution in [2.45, 2.75) is 70.1 Å². The summed E-state index contributed by atoms with van der Waals surface area (Å²) >= 11 is 6.34. The number of rotatable bonds is 14. The molecular formula is C48H56ClN5O4. The predicted molar refractivity (Wildman–Crippen MR) is 232 cm³/mol. The van der Waals surface area contributed by atoms with E-state index in [1.807, 2.05) is 18.2 Å². The number of allylic oxidation sites excluding steroid dienone is 1. The highest BCUT2D eigenvalue weighted by atomic mass is 35.5. The third-order valence-corrected chi connectivity index (χ3v) is 12.6. The standard InChI is InChI=1S/C48H56ClN5O4/c49-23-20-44(35-5-2-1-3-6-35)47(36-9-14-42(55)15-10-36)37-11-16-43(17-12-37)58-28-27-52-25-21-34(22-26-52)30-53-24-4-7-41(33-53)50-40-13-8-38-31-54(32-39(38)29-40)45-18-19-46(56)51-48(45)57/h1-3,5-6,8-17,29,34,41,45,50,55H,4,7,18-28,30-33H2,(H,51,56,57)/t41-,45?/m0/s1. The van der Waals surface area contributed by atoms with Crippen LogP contribution in [-0.4, -0.2) is 95.5 Å². The lowest BCUT2D eigenvalue weighted by Gasteiger charge is -2.38. The van der Waals surface area contributed by atoms with Gasteiger partial charge in [-0.15, -0.1) is 11.6 Å². The number of aromatic hydroxyl groups is 1. The molecule has 4 aliphatic heterocycles. The second-order valence-electron chi connectivity index (χ2n) is 16.5. The first-order valence-corrected chi connectivity index (χ1v) is 21.7. The van der Waals surface area contributed by atoms with Crippen LogP contribution in [0.2, 0.25) is 0 Å². The number of piperidine rings is 3. The van der Waals surface area contributed by atoms with Crippen molar-refractivity contribution in [1.29, 1.82) is 0 Å². The number of phenolic OH excluding ortho intramolecular Hbond substituents is 1. The van der Waals surface area contributed by atoms with Crippen LogP contribution in [0.15, 0.2) is 97.1 Å². The van der Waals surface area contributed by atoms with Gasteiger partial charge >= 0.3 is 0 Å². The summed E-state index contributed by atoms with van der Waals surface area (Å²) in [6, 6.07) is 33.1. The van der Waals surface area contributed by atoms with Gasteiger partial charge in [-0.2, -0.15) is 0 Å². The van der Waals surface area contributed by atoms with E-state index in [0.717, 1.165) is 91.9 Å². The van der Waals surface area contributed by atoms with Gasteiger partial charge in [0.25, 0.3) is 0 Å². The fourth-order valence-corrected chi connectivity index (χ4v) is 9.58. The molecule has 2 atom stereocenters. The molecular weight excluding hydrogens is 746 g/mol. The molecule has 0 aromatic heterocycles. The summed E-state index contributed by atoms with van der Waals surface area (Å²) in [6.45, 7) is 8.70. The topological polar surface area (TPSA) is 97.4 Å². The summed E-state index contributed by atoms with van der Waals surface area (Å²) in [6.07, 6.45) is 6.56. The van der Waals surface area contributed by atoms with Crippen molar-refractivity contribution in [3.63, 3.8) is 0 Å². The van der Waals surface area contributed by atoms with Crippen LogP contribution in [0.25, 0.3) is 11.1 Å². The first-order chi connectivity index (χ1) is 28.4. The summed E-state index contributed by atoms with van der Waals surface area (Å²) in [5.41, 5.74) is 9.27. The zero-order valence-corrected chi connectivity index (χ0v) is 34.1. The van der Waals surface area contributed by atoms with Gasteiger partial charge in [0.05, 0.1) is 6.04 Å². The van der Waals surface area contributed by atoms with Gasteiger partial charge in [-0.05, 0) is 139 Å². The highest BCUT2D eigenvalue weighted by Crippen LogP contribution is 2.36. The second kappa shape index (κ2) is 18.9. The van der Waals surface area contributed by atoms with Crippen molar-refractivity contribution >= 4 is 40.2 Å². The molecule has 1 unspecified atom stereocenters. The van der Waals surface area contributed by atoms with E-state index in [0.29, 0.717) is 31.4 Å². The number of fused-ring (bicyclic) bond motifs is 1. The number of imide groups is 1. The normalized spacial score (nSPS) is 21.3. The van der Waals surface area contributed by atoms with Gasteiger partial charge in [-0.25, -0.2) is 0 Å². The fraction of sp³-hybridized carbons (Fsp3) is 0.417. The number of alkyl halides is 1. The Morgan fingerprint density at radius 1 is 0.810 bits per heavy atom. The molecule has 3 saturated heterocycles. The molecule has 4 aliphatic rings. The van der Waals surface area contributed by atoms with Crippen LogP contribution in [0.4, 0.5) is 5.69 Å². The first kappa shape index (κ1) is 40.1. The molecule has 3 N–H and O–H groups in total. The van der Waals surface area contributed by atoms with Gasteiger partial charge in [-0.3, -0.25) is 24.7 Å². The summed E-state index contributed by atoms with van der Waals surface area (Å²) < 4.78 is 6.28. The Morgan fingerprint density at radius 2 is 1.55 bits per heavy atom. The van der Waals surface area contributed by atoms with E-state index in [1.165, 1.54) is 48.9 Å². The zero-order valence-electron chi connectivity index (χ0n) is 33.4. The average molecular weight is 802 g/mol. The van der Waals surface area contributed by atoms with Crippen molar-refractivity contribution in [1.82, 2.24) is 20.0 Å². The molecule has 4 heterocycles. The van der Waals surface area contributed by atoms with Crippen LogP contribution in [0.3, 0.4) is 0 Å². The Labute approximate surface area is 348 Å². The van der Waals surface area contributed by atoms with Gasteiger partial charge in [0, 0.05) is 56.8 Å². The smallest absolute Gasteiger partial charge is 0.243 e. The monoisotopic (exact) mass is 801 g/mol. The molecule has 4 aromatic rings. The van der Waals surface area contributed by atoms with Gasteiger partial charge in [0.15, 0.2) is 0 Å². The number of phenols is 1. The number of hydrogen-bond acceptors (Lipinski definition) is 8. The van der Waals surface area contributed by atoms with Crippen LogP contribution in [-0.2, 0) is 22.7 Å². The number of amides is 2. The second-order valence-corrected chi connectivity index (χ2v) is 16.8. The van der Waals surface area contributed by atoms with Crippen molar-refractivity contribution in [3.05, 3.63) is 125 Å². The molecule has 4 aromatic carbocycles. The minimum atomic E-state index is -0.227. The number of anilines is 1. The van der Waals surface area contributed by atoms with Crippen LogP contribution in [0.1, 0.15) is 72.8 Å². The lowest BCUT2D eigenvalue weighted by Crippen LogP contribution is -2.50. The molecule has 0 radical (unpaired) electrons. The maximum absolute atomic E-state index is 12.5. The Kier molecular flexibility index (Phi) is 13.1. The number of carbonyl (C=O) groups is 2. The Hall–Kier alpha value is -4.67. The van der Waals surface area contributed by atoms with E-state index < -0.39 is 0 Å². The van der Waals surface area contributed by atoms with E-state index in [1.54, 1.807) is 12.1 Å². The first-order valence-electron chi connectivity index (χ1n) is 21.2.